The summed E-state index contributed by atoms with van der Waals surface area (Å²) in [5.41, 5.74) is 1.73. The maximum absolute atomic E-state index is 12.6. The van der Waals surface area contributed by atoms with Crippen LogP contribution < -0.4 is 24.3 Å². The molecule has 9 nitrogen and oxygen atoms in total. The van der Waals surface area contributed by atoms with Crippen molar-refractivity contribution >= 4 is 16.8 Å². The van der Waals surface area contributed by atoms with E-state index in [9.17, 15) is 10.0 Å². The number of pyridine rings is 2. The molecular weight excluding hydrogens is 426 g/mol. The summed E-state index contributed by atoms with van der Waals surface area (Å²) in [5.74, 6) is 1.46. The molecule has 1 unspecified atom stereocenters. The highest BCUT2D eigenvalue weighted by Gasteiger charge is 2.32. The first-order valence-electron chi connectivity index (χ1n) is 10.7. The van der Waals surface area contributed by atoms with Crippen LogP contribution in [0, 0.1) is 11.1 Å². The number of carbonyl (C=O) groups excluding carboxylic acids is 1. The van der Waals surface area contributed by atoms with Crippen LogP contribution in [-0.4, -0.2) is 51.5 Å². The molecule has 0 aliphatic carbocycles. The quantitative estimate of drug-likeness (QED) is 0.392. The van der Waals surface area contributed by atoms with Crippen molar-refractivity contribution in [3.8, 4) is 28.6 Å². The monoisotopic (exact) mass is 453 g/mol. The third kappa shape index (κ3) is 4.78. The van der Waals surface area contributed by atoms with Crippen LogP contribution in [0.15, 0.2) is 42.6 Å². The molecule has 2 aromatic heterocycles. The predicted octanol–water partition coefficient (Wildman–Crippen LogP) is 2.47. The number of carbonyl (C=O) groups is 1. The lowest BCUT2D eigenvalue weighted by atomic mass is 9.99. The molecular formula is C24H27N3O6. The summed E-state index contributed by atoms with van der Waals surface area (Å²) >= 11 is 0. The van der Waals surface area contributed by atoms with E-state index in [1.807, 2.05) is 6.07 Å². The number of fused-ring (bicyclic) bond motifs is 1. The molecule has 2 atom stereocenters. The van der Waals surface area contributed by atoms with Crippen molar-refractivity contribution in [2.45, 2.75) is 18.9 Å². The van der Waals surface area contributed by atoms with E-state index < -0.39 is 0 Å². The number of amides is 1. The fourth-order valence-corrected chi connectivity index (χ4v) is 4.05. The van der Waals surface area contributed by atoms with Gasteiger partial charge in [-0.15, -0.1) is 0 Å². The smallest absolute Gasteiger partial charge is 0.231 e. The number of nitrogens with one attached hydrogen (secondary N) is 1. The molecule has 1 aliphatic rings. The summed E-state index contributed by atoms with van der Waals surface area (Å²) in [6.07, 6.45) is 2.10. The number of nitrogens with zero attached hydrogens (tertiary/aromatic N) is 2. The van der Waals surface area contributed by atoms with Gasteiger partial charge in [0, 0.05) is 56.7 Å². The minimum absolute atomic E-state index is 0.000289. The highest BCUT2D eigenvalue weighted by atomic mass is 16.5. The SMILES string of the molecule is COCC[C@@H](Oc1nc(-c2ccc(OC)c(OC)c2)cc2c1ccc[n+]2[O-])C1CNC(=O)C1. The Kier molecular flexibility index (Phi) is 6.79. The third-order valence-electron chi connectivity index (χ3n) is 5.81. The van der Waals surface area contributed by atoms with Crippen molar-refractivity contribution in [1.29, 1.82) is 0 Å². The molecule has 0 saturated carbocycles. The van der Waals surface area contributed by atoms with Crippen LogP contribution in [0.2, 0.25) is 0 Å². The molecule has 1 aromatic carbocycles. The maximum Gasteiger partial charge on any atom is 0.231 e. The molecule has 1 fully saturated rings. The van der Waals surface area contributed by atoms with Gasteiger partial charge in [-0.25, -0.2) is 4.98 Å². The van der Waals surface area contributed by atoms with E-state index in [1.54, 1.807) is 51.7 Å². The van der Waals surface area contributed by atoms with Crippen molar-refractivity contribution in [3.05, 3.63) is 47.8 Å². The average Bonchev–Trinajstić information content (AvgIpc) is 3.27. The fourth-order valence-electron chi connectivity index (χ4n) is 4.05. The lowest BCUT2D eigenvalue weighted by Gasteiger charge is -2.24. The van der Waals surface area contributed by atoms with Crippen molar-refractivity contribution in [2.24, 2.45) is 5.92 Å². The van der Waals surface area contributed by atoms with Gasteiger partial charge in [-0.3, -0.25) is 4.79 Å². The van der Waals surface area contributed by atoms with Gasteiger partial charge in [-0.2, -0.15) is 4.73 Å². The Morgan fingerprint density at radius 1 is 1.18 bits per heavy atom. The topological polar surface area (TPSA) is 106 Å². The summed E-state index contributed by atoms with van der Waals surface area (Å²) in [6, 6.07) is 10.6. The van der Waals surface area contributed by atoms with Crippen LogP contribution in [0.1, 0.15) is 12.8 Å². The van der Waals surface area contributed by atoms with E-state index in [0.717, 1.165) is 10.3 Å². The number of aromatic nitrogens is 2. The van der Waals surface area contributed by atoms with Crippen molar-refractivity contribution < 1.29 is 28.5 Å². The zero-order valence-corrected chi connectivity index (χ0v) is 18.9. The van der Waals surface area contributed by atoms with E-state index in [2.05, 4.69) is 5.32 Å². The van der Waals surface area contributed by atoms with E-state index in [1.165, 1.54) is 6.20 Å². The van der Waals surface area contributed by atoms with Crippen molar-refractivity contribution in [3.63, 3.8) is 0 Å². The number of ether oxygens (including phenoxy) is 4. The standard InChI is InChI=1S/C24H27N3O6/c1-30-10-8-20(16-12-23(28)25-14-16)33-24-17-5-4-9-27(29)19(17)13-18(26-24)15-6-7-21(31-2)22(11-15)32-3/h4-7,9,11,13,16,20H,8,10,12,14H2,1-3H3,(H,25,28)/t16?,20-/m1/s1. The Hall–Kier alpha value is -3.59. The summed E-state index contributed by atoms with van der Waals surface area (Å²) < 4.78 is 23.2. The summed E-state index contributed by atoms with van der Waals surface area (Å²) in [7, 11) is 4.76. The first kappa shape index (κ1) is 22.6. The van der Waals surface area contributed by atoms with Crippen LogP contribution in [0.5, 0.6) is 17.4 Å². The number of methoxy groups -OCH3 is 3. The average molecular weight is 453 g/mol. The summed E-state index contributed by atoms with van der Waals surface area (Å²) in [4.78, 5) is 16.6. The van der Waals surface area contributed by atoms with Gasteiger partial charge in [0.15, 0.2) is 17.7 Å². The molecule has 33 heavy (non-hydrogen) atoms. The van der Waals surface area contributed by atoms with Crippen molar-refractivity contribution in [1.82, 2.24) is 10.3 Å². The maximum atomic E-state index is 12.6. The molecule has 1 amide bonds. The van der Waals surface area contributed by atoms with Gasteiger partial charge in [-0.05, 0) is 24.3 Å². The molecule has 0 spiro atoms. The largest absolute Gasteiger partial charge is 0.618 e. The highest BCUT2D eigenvalue weighted by Crippen LogP contribution is 2.35. The van der Waals surface area contributed by atoms with Gasteiger partial charge in [0.1, 0.15) is 11.5 Å². The Morgan fingerprint density at radius 3 is 2.70 bits per heavy atom. The van der Waals surface area contributed by atoms with Crippen LogP contribution in [-0.2, 0) is 9.53 Å². The number of rotatable bonds is 9. The van der Waals surface area contributed by atoms with Gasteiger partial charge in [-0.1, -0.05) is 0 Å². The Labute approximate surface area is 191 Å². The van der Waals surface area contributed by atoms with E-state index in [4.69, 9.17) is 23.9 Å². The molecule has 1 saturated heterocycles. The minimum Gasteiger partial charge on any atom is -0.618 e. The Balaban J connectivity index is 1.78. The molecule has 0 bridgehead atoms. The highest BCUT2D eigenvalue weighted by molar-refractivity contribution is 5.85. The summed E-state index contributed by atoms with van der Waals surface area (Å²) in [6.45, 7) is 1.01. The minimum atomic E-state index is -0.305. The number of hydrogen-bond acceptors (Lipinski definition) is 7. The van der Waals surface area contributed by atoms with Crippen LogP contribution in [0.25, 0.3) is 22.2 Å². The molecule has 4 rings (SSSR count). The first-order valence-corrected chi connectivity index (χ1v) is 10.7. The van der Waals surface area contributed by atoms with E-state index in [-0.39, 0.29) is 17.9 Å². The second-order valence-corrected chi connectivity index (χ2v) is 7.86. The number of benzene rings is 1. The Morgan fingerprint density at radius 2 is 2.00 bits per heavy atom. The first-order chi connectivity index (χ1) is 16.0. The van der Waals surface area contributed by atoms with Crippen LogP contribution >= 0.6 is 0 Å². The molecule has 0 radical (unpaired) electrons. The Bertz CT molecular complexity index is 1150. The third-order valence-corrected chi connectivity index (χ3v) is 5.81. The summed E-state index contributed by atoms with van der Waals surface area (Å²) in [5, 5.41) is 16.1. The molecule has 9 heteroatoms. The zero-order chi connectivity index (χ0) is 23.4. The normalized spacial score (nSPS) is 16.5. The molecule has 1 N–H and O–H groups in total. The molecule has 3 heterocycles. The van der Waals surface area contributed by atoms with Gasteiger partial charge in [0.05, 0.1) is 19.9 Å². The lowest BCUT2D eigenvalue weighted by molar-refractivity contribution is -0.577. The van der Waals surface area contributed by atoms with Gasteiger partial charge in [0.2, 0.25) is 17.3 Å². The molecule has 174 valence electrons. The van der Waals surface area contributed by atoms with Crippen LogP contribution in [0.4, 0.5) is 0 Å². The number of hydrogen-bond donors (Lipinski definition) is 1. The predicted molar refractivity (Wildman–Crippen MR) is 121 cm³/mol. The van der Waals surface area contributed by atoms with Gasteiger partial charge in [0.25, 0.3) is 0 Å². The molecule has 3 aromatic rings. The second-order valence-electron chi connectivity index (χ2n) is 7.86. The van der Waals surface area contributed by atoms with Crippen LogP contribution in [0.3, 0.4) is 0 Å². The fraction of sp³-hybridized carbons (Fsp3) is 0.375. The van der Waals surface area contributed by atoms with Gasteiger partial charge < -0.3 is 29.5 Å². The van der Waals surface area contributed by atoms with E-state index in [0.29, 0.717) is 60.0 Å². The zero-order valence-electron chi connectivity index (χ0n) is 18.9. The molecule has 1 aliphatic heterocycles. The van der Waals surface area contributed by atoms with Gasteiger partial charge >= 0.3 is 0 Å². The van der Waals surface area contributed by atoms with E-state index >= 15 is 0 Å². The van der Waals surface area contributed by atoms with Crippen molar-refractivity contribution in [2.75, 3.05) is 34.5 Å². The second kappa shape index (κ2) is 9.91. The lowest BCUT2D eigenvalue weighted by Crippen LogP contribution is -2.31.